The molecule has 2 aromatic carbocycles. The zero-order chi connectivity index (χ0) is 27.0. The Morgan fingerprint density at radius 3 is 2.79 bits per heavy atom. The van der Waals surface area contributed by atoms with E-state index in [1.54, 1.807) is 19.4 Å². The molecule has 0 aliphatic carbocycles. The Labute approximate surface area is 237 Å². The Hall–Kier alpha value is -3.23. The maximum absolute atomic E-state index is 14.5. The van der Waals surface area contributed by atoms with Crippen molar-refractivity contribution in [3.63, 3.8) is 0 Å². The van der Waals surface area contributed by atoms with Crippen LogP contribution >= 0.6 is 23.2 Å². The number of para-hydroxylation sites is 1. The van der Waals surface area contributed by atoms with Gasteiger partial charge in [0.15, 0.2) is 0 Å². The molecule has 200 valence electrons. The molecule has 0 saturated carbocycles. The van der Waals surface area contributed by atoms with E-state index in [1.165, 1.54) is 0 Å². The quantitative estimate of drug-likeness (QED) is 0.219. The Morgan fingerprint density at radius 2 is 2.00 bits per heavy atom. The van der Waals surface area contributed by atoms with Crippen LogP contribution in [0.25, 0.3) is 10.9 Å². The first-order valence-electron chi connectivity index (χ1n) is 13.2. The number of methoxy groups -OCH3 is 1. The summed E-state index contributed by atoms with van der Waals surface area (Å²) in [6.45, 7) is 2.16. The highest BCUT2D eigenvalue weighted by atomic mass is 35.5. The maximum Gasteiger partial charge on any atom is 0.422 e. The number of carbonyl (C=O) groups is 1. The van der Waals surface area contributed by atoms with E-state index in [0.29, 0.717) is 35.7 Å². The lowest BCUT2D eigenvalue weighted by atomic mass is 9.84. The number of aromatic nitrogens is 2. The SMILES string of the molecule is COc1nc2ccccc2cc1C[N+]1(C(=O)NCc2ccnc(Cl)c2)CC2(CCCCN2)c2cc(Cl)ccc21. The first kappa shape index (κ1) is 26.0. The number of benzene rings is 2. The monoisotopic (exact) mass is 562 g/mol. The van der Waals surface area contributed by atoms with E-state index in [0.717, 1.165) is 59.1 Å². The van der Waals surface area contributed by atoms with Crippen molar-refractivity contribution in [2.45, 2.75) is 37.9 Å². The van der Waals surface area contributed by atoms with Gasteiger partial charge in [-0.1, -0.05) is 41.4 Å². The molecule has 2 N–H and O–H groups in total. The fourth-order valence-corrected chi connectivity index (χ4v) is 6.60. The first-order valence-corrected chi connectivity index (χ1v) is 13.9. The summed E-state index contributed by atoms with van der Waals surface area (Å²) < 4.78 is 5.83. The van der Waals surface area contributed by atoms with Crippen LogP contribution in [0.5, 0.6) is 5.88 Å². The molecule has 9 heteroatoms. The molecule has 1 spiro atoms. The number of halogens is 2. The van der Waals surface area contributed by atoms with E-state index in [4.69, 9.17) is 32.9 Å². The normalized spacial score (nSPS) is 22.1. The number of nitrogens with zero attached hydrogens (tertiary/aromatic N) is 3. The van der Waals surface area contributed by atoms with Gasteiger partial charge < -0.3 is 15.4 Å². The number of amides is 2. The molecular weight excluding hydrogens is 533 g/mol. The fourth-order valence-electron chi connectivity index (χ4n) is 6.23. The van der Waals surface area contributed by atoms with Gasteiger partial charge in [-0.25, -0.2) is 19.2 Å². The minimum Gasteiger partial charge on any atom is -0.481 e. The third kappa shape index (κ3) is 4.74. The molecule has 2 aliphatic rings. The number of urea groups is 1. The molecule has 0 radical (unpaired) electrons. The highest BCUT2D eigenvalue weighted by Crippen LogP contribution is 2.50. The number of quaternary nitrogens is 1. The van der Waals surface area contributed by atoms with Crippen LogP contribution in [0, 0.1) is 0 Å². The second-order valence-electron chi connectivity index (χ2n) is 10.4. The summed E-state index contributed by atoms with van der Waals surface area (Å²) in [5.41, 5.74) is 4.27. The molecule has 0 bridgehead atoms. The number of pyridine rings is 2. The third-order valence-electron chi connectivity index (χ3n) is 7.99. The van der Waals surface area contributed by atoms with Gasteiger partial charge in [-0.05, 0) is 67.8 Å². The minimum atomic E-state index is -0.354. The number of piperidine rings is 1. The van der Waals surface area contributed by atoms with Gasteiger partial charge >= 0.3 is 6.03 Å². The molecule has 2 atom stereocenters. The topological polar surface area (TPSA) is 76.1 Å². The maximum atomic E-state index is 14.5. The lowest BCUT2D eigenvalue weighted by Gasteiger charge is -2.37. The first-order chi connectivity index (χ1) is 18.9. The summed E-state index contributed by atoms with van der Waals surface area (Å²) in [5.74, 6) is 0.521. The van der Waals surface area contributed by atoms with Gasteiger partial charge in [0.2, 0.25) is 5.88 Å². The number of hydrogen-bond donors (Lipinski definition) is 2. The van der Waals surface area contributed by atoms with Gasteiger partial charge in [0.1, 0.15) is 29.5 Å². The Morgan fingerprint density at radius 1 is 1.13 bits per heavy atom. The number of fused-ring (bicyclic) bond motifs is 3. The molecule has 2 unspecified atom stereocenters. The molecule has 39 heavy (non-hydrogen) atoms. The van der Waals surface area contributed by atoms with Crippen molar-refractivity contribution >= 4 is 45.8 Å². The van der Waals surface area contributed by atoms with Gasteiger partial charge in [0, 0.05) is 34.8 Å². The third-order valence-corrected chi connectivity index (χ3v) is 8.43. The van der Waals surface area contributed by atoms with Gasteiger partial charge in [-0.3, -0.25) is 0 Å². The van der Waals surface area contributed by atoms with Crippen LogP contribution in [0.2, 0.25) is 10.2 Å². The van der Waals surface area contributed by atoms with Crippen molar-refractivity contribution < 1.29 is 9.53 Å². The van der Waals surface area contributed by atoms with Crippen LogP contribution < -0.4 is 19.9 Å². The zero-order valence-electron chi connectivity index (χ0n) is 21.7. The molecule has 4 heterocycles. The predicted octanol–water partition coefficient (Wildman–Crippen LogP) is 6.34. The molecule has 2 aromatic heterocycles. The van der Waals surface area contributed by atoms with E-state index in [-0.39, 0.29) is 16.1 Å². The van der Waals surface area contributed by atoms with Gasteiger partial charge in [-0.15, -0.1) is 0 Å². The smallest absolute Gasteiger partial charge is 0.422 e. The molecule has 2 amide bonds. The summed E-state index contributed by atoms with van der Waals surface area (Å²) in [6, 6.07) is 19.5. The predicted molar refractivity (Wildman–Crippen MR) is 155 cm³/mol. The Bertz CT molecular complexity index is 1560. The molecule has 7 nitrogen and oxygen atoms in total. The van der Waals surface area contributed by atoms with E-state index in [2.05, 4.69) is 21.7 Å². The van der Waals surface area contributed by atoms with Gasteiger partial charge in [0.25, 0.3) is 0 Å². The fraction of sp³-hybridized carbons (Fsp3) is 0.300. The molecule has 4 aromatic rings. The van der Waals surface area contributed by atoms with E-state index in [9.17, 15) is 4.79 Å². The highest BCUT2D eigenvalue weighted by Gasteiger charge is 2.58. The lowest BCUT2D eigenvalue weighted by molar-refractivity contribution is 0.168. The Kier molecular flexibility index (Phi) is 6.93. The van der Waals surface area contributed by atoms with Crippen LogP contribution in [-0.2, 0) is 18.6 Å². The lowest BCUT2D eigenvalue weighted by Crippen LogP contribution is -2.61. The van der Waals surface area contributed by atoms with Crippen molar-refractivity contribution in [2.75, 3.05) is 20.2 Å². The second kappa shape index (κ2) is 10.4. The molecule has 6 rings (SSSR count). The molecule has 2 aliphatic heterocycles. The molecule has 1 saturated heterocycles. The molecular formula is C30H30Cl2N5O2+. The second-order valence-corrected chi connectivity index (χ2v) is 11.2. The summed E-state index contributed by atoms with van der Waals surface area (Å²) in [5, 5.41) is 9.05. The van der Waals surface area contributed by atoms with Crippen molar-refractivity contribution in [3.8, 4) is 5.88 Å². The van der Waals surface area contributed by atoms with Gasteiger partial charge in [-0.2, -0.15) is 0 Å². The van der Waals surface area contributed by atoms with Gasteiger partial charge in [0.05, 0.1) is 18.2 Å². The number of carbonyl (C=O) groups excluding carboxylic acids is 1. The zero-order valence-corrected chi connectivity index (χ0v) is 23.2. The average molecular weight is 564 g/mol. The molecule has 1 fully saturated rings. The minimum absolute atomic E-state index is 0.0642. The van der Waals surface area contributed by atoms with Crippen LogP contribution in [0.4, 0.5) is 10.5 Å². The largest absolute Gasteiger partial charge is 0.481 e. The van der Waals surface area contributed by atoms with Crippen molar-refractivity contribution in [1.82, 2.24) is 25.1 Å². The van der Waals surface area contributed by atoms with Crippen LogP contribution in [0.3, 0.4) is 0 Å². The van der Waals surface area contributed by atoms with Crippen LogP contribution in [-0.4, -0.2) is 36.2 Å². The summed E-state index contributed by atoms with van der Waals surface area (Å²) in [7, 11) is 1.63. The number of hydrogen-bond acceptors (Lipinski definition) is 5. The Balaban J connectivity index is 1.47. The summed E-state index contributed by atoms with van der Waals surface area (Å²) in [4.78, 5) is 23.3. The number of nitrogens with one attached hydrogen (secondary N) is 2. The van der Waals surface area contributed by atoms with Crippen LogP contribution in [0.1, 0.15) is 36.0 Å². The van der Waals surface area contributed by atoms with Crippen molar-refractivity contribution in [2.24, 2.45) is 0 Å². The number of ether oxygens (including phenoxy) is 1. The van der Waals surface area contributed by atoms with E-state index < -0.39 is 0 Å². The number of rotatable bonds is 5. The summed E-state index contributed by atoms with van der Waals surface area (Å²) in [6.07, 6.45) is 4.76. The van der Waals surface area contributed by atoms with E-state index >= 15 is 0 Å². The van der Waals surface area contributed by atoms with Crippen LogP contribution in [0.15, 0.2) is 66.9 Å². The summed E-state index contributed by atoms with van der Waals surface area (Å²) >= 11 is 12.7. The highest BCUT2D eigenvalue weighted by molar-refractivity contribution is 6.30. The average Bonchev–Trinajstić information content (AvgIpc) is 3.20. The van der Waals surface area contributed by atoms with E-state index in [1.807, 2.05) is 48.5 Å². The van der Waals surface area contributed by atoms with Crippen molar-refractivity contribution in [1.29, 1.82) is 0 Å². The van der Waals surface area contributed by atoms with Crippen molar-refractivity contribution in [3.05, 3.63) is 93.7 Å². The standard InChI is InChI=1S/C30H29Cl2N5O2/c1-39-28-22(15-21-6-2-3-7-25(21)36-28)18-37(29(38)34-17-20-10-13-33-27(32)14-20)19-30(11-4-5-12-35-30)24-16-23(31)8-9-26(24)37/h2-3,6-10,13-16,35H,4-5,11-12,17-19H2,1H3/p+1.